The van der Waals surface area contributed by atoms with Crippen LogP contribution in [0.15, 0.2) is 48.8 Å². The lowest BCUT2D eigenvalue weighted by molar-refractivity contribution is 0.721. The van der Waals surface area contributed by atoms with Crippen molar-refractivity contribution in [2.75, 3.05) is 22.5 Å². The lowest BCUT2D eigenvalue weighted by Crippen LogP contribution is -2.31. The molecular formula is C19H17Cl2N5. The van der Waals surface area contributed by atoms with Crippen LogP contribution < -0.4 is 16.0 Å². The van der Waals surface area contributed by atoms with Crippen LogP contribution in [0.4, 0.5) is 23.0 Å². The van der Waals surface area contributed by atoms with Crippen molar-refractivity contribution < 1.29 is 0 Å². The SMILES string of the molecule is Nc1c(Nc2cc(Cl)cc(Cl)c2)ncnc1N1CCc2ccccc2C1. The van der Waals surface area contributed by atoms with Gasteiger partial charge in [-0.2, -0.15) is 0 Å². The fourth-order valence-corrected chi connectivity index (χ4v) is 3.70. The molecule has 0 radical (unpaired) electrons. The van der Waals surface area contributed by atoms with Crippen molar-refractivity contribution in [2.45, 2.75) is 13.0 Å². The van der Waals surface area contributed by atoms with Crippen LogP contribution in [0.1, 0.15) is 11.1 Å². The van der Waals surface area contributed by atoms with Gasteiger partial charge in [0.25, 0.3) is 0 Å². The molecule has 4 rings (SSSR count). The highest BCUT2D eigenvalue weighted by molar-refractivity contribution is 6.35. The van der Waals surface area contributed by atoms with Gasteiger partial charge in [0.1, 0.15) is 12.0 Å². The van der Waals surface area contributed by atoms with Crippen LogP contribution in [0.3, 0.4) is 0 Å². The maximum atomic E-state index is 6.36. The molecule has 0 unspecified atom stereocenters. The highest BCUT2D eigenvalue weighted by Crippen LogP contribution is 2.32. The molecule has 7 heteroatoms. The van der Waals surface area contributed by atoms with Gasteiger partial charge >= 0.3 is 0 Å². The Morgan fingerprint density at radius 1 is 1.00 bits per heavy atom. The lowest BCUT2D eigenvalue weighted by atomic mass is 10.00. The largest absolute Gasteiger partial charge is 0.393 e. The zero-order valence-corrected chi connectivity index (χ0v) is 15.4. The number of rotatable bonds is 3. The predicted molar refractivity (Wildman–Crippen MR) is 107 cm³/mol. The number of fused-ring (bicyclic) bond motifs is 1. The first-order valence-corrected chi connectivity index (χ1v) is 9.01. The number of hydrogen-bond acceptors (Lipinski definition) is 5. The van der Waals surface area contributed by atoms with Gasteiger partial charge in [-0.1, -0.05) is 47.5 Å². The highest BCUT2D eigenvalue weighted by Gasteiger charge is 2.20. The van der Waals surface area contributed by atoms with Gasteiger partial charge in [0.05, 0.1) is 0 Å². The van der Waals surface area contributed by atoms with Crippen molar-refractivity contribution in [3.63, 3.8) is 0 Å². The molecule has 1 aromatic heterocycles. The molecule has 3 N–H and O–H groups in total. The molecule has 5 nitrogen and oxygen atoms in total. The van der Waals surface area contributed by atoms with E-state index in [9.17, 15) is 0 Å². The van der Waals surface area contributed by atoms with Crippen molar-refractivity contribution in [3.05, 3.63) is 70.0 Å². The van der Waals surface area contributed by atoms with Gasteiger partial charge in [-0.3, -0.25) is 0 Å². The second kappa shape index (κ2) is 7.02. The van der Waals surface area contributed by atoms with Gasteiger partial charge in [0.15, 0.2) is 11.6 Å². The third-order valence-corrected chi connectivity index (χ3v) is 4.85. The maximum Gasteiger partial charge on any atom is 0.159 e. The molecule has 0 bridgehead atoms. The highest BCUT2D eigenvalue weighted by atomic mass is 35.5. The summed E-state index contributed by atoms with van der Waals surface area (Å²) in [6.45, 7) is 1.64. The van der Waals surface area contributed by atoms with Gasteiger partial charge < -0.3 is 16.0 Å². The number of nitrogens with zero attached hydrogens (tertiary/aromatic N) is 3. The minimum absolute atomic E-state index is 0.503. The molecule has 3 aromatic rings. The van der Waals surface area contributed by atoms with E-state index in [4.69, 9.17) is 28.9 Å². The molecule has 132 valence electrons. The van der Waals surface area contributed by atoms with Gasteiger partial charge in [0, 0.05) is 28.8 Å². The molecule has 0 amide bonds. The van der Waals surface area contributed by atoms with Crippen molar-refractivity contribution in [1.82, 2.24) is 9.97 Å². The van der Waals surface area contributed by atoms with Crippen molar-refractivity contribution in [2.24, 2.45) is 0 Å². The molecular weight excluding hydrogens is 369 g/mol. The first-order valence-electron chi connectivity index (χ1n) is 8.25. The van der Waals surface area contributed by atoms with Gasteiger partial charge in [0.2, 0.25) is 0 Å². The molecule has 0 fully saturated rings. The quantitative estimate of drug-likeness (QED) is 0.685. The normalized spacial score (nSPS) is 13.4. The summed E-state index contributed by atoms with van der Waals surface area (Å²) in [5.74, 6) is 1.26. The smallest absolute Gasteiger partial charge is 0.159 e. The summed E-state index contributed by atoms with van der Waals surface area (Å²) in [6.07, 6.45) is 2.48. The zero-order valence-electron chi connectivity index (χ0n) is 13.9. The monoisotopic (exact) mass is 385 g/mol. The van der Waals surface area contributed by atoms with Crippen LogP contribution in [0, 0.1) is 0 Å². The number of nitrogens with one attached hydrogen (secondary N) is 1. The third-order valence-electron chi connectivity index (χ3n) is 4.42. The van der Waals surface area contributed by atoms with E-state index in [1.165, 1.54) is 17.5 Å². The van der Waals surface area contributed by atoms with E-state index in [-0.39, 0.29) is 0 Å². The predicted octanol–water partition coefficient (Wildman–Crippen LogP) is 4.67. The van der Waals surface area contributed by atoms with E-state index in [1.54, 1.807) is 18.2 Å². The molecule has 0 aliphatic carbocycles. The Morgan fingerprint density at radius 3 is 2.50 bits per heavy atom. The maximum absolute atomic E-state index is 6.36. The minimum atomic E-state index is 0.503. The topological polar surface area (TPSA) is 67.1 Å². The van der Waals surface area contributed by atoms with Gasteiger partial charge in [-0.25, -0.2) is 9.97 Å². The second-order valence-electron chi connectivity index (χ2n) is 6.18. The fourth-order valence-electron chi connectivity index (χ4n) is 3.18. The average molecular weight is 386 g/mol. The standard InChI is InChI=1S/C19H17Cl2N5/c20-14-7-15(21)9-16(8-14)25-18-17(22)19(24-11-23-18)26-6-5-12-3-1-2-4-13(12)10-26/h1-4,7-9,11H,5-6,10,22H2,(H,23,24,25). The van der Waals surface area contributed by atoms with Crippen LogP contribution in [-0.2, 0) is 13.0 Å². The summed E-state index contributed by atoms with van der Waals surface area (Å²) in [4.78, 5) is 10.9. The molecule has 2 heterocycles. The molecule has 0 saturated heterocycles. The zero-order chi connectivity index (χ0) is 18.1. The van der Waals surface area contributed by atoms with Crippen molar-refractivity contribution in [3.8, 4) is 0 Å². The Balaban J connectivity index is 1.62. The van der Waals surface area contributed by atoms with Gasteiger partial charge in [-0.15, -0.1) is 0 Å². The number of hydrogen-bond donors (Lipinski definition) is 2. The van der Waals surface area contributed by atoms with Crippen molar-refractivity contribution in [1.29, 1.82) is 0 Å². The molecule has 0 saturated carbocycles. The Kier molecular flexibility index (Phi) is 4.57. The van der Waals surface area contributed by atoms with Crippen LogP contribution in [0.2, 0.25) is 10.0 Å². The van der Waals surface area contributed by atoms with Gasteiger partial charge in [-0.05, 0) is 35.7 Å². The number of halogens is 2. The third kappa shape index (κ3) is 3.41. The summed E-state index contributed by atoms with van der Waals surface area (Å²) in [7, 11) is 0. The molecule has 0 spiro atoms. The number of nitrogen functional groups attached to an aromatic ring is 1. The van der Waals surface area contributed by atoms with Crippen LogP contribution in [-0.4, -0.2) is 16.5 Å². The van der Waals surface area contributed by atoms with E-state index in [1.807, 2.05) is 0 Å². The average Bonchev–Trinajstić information content (AvgIpc) is 2.62. The number of nitrogens with two attached hydrogens (primary N) is 1. The number of anilines is 4. The number of benzene rings is 2. The minimum Gasteiger partial charge on any atom is -0.393 e. The Morgan fingerprint density at radius 2 is 1.73 bits per heavy atom. The lowest BCUT2D eigenvalue weighted by Gasteiger charge is -2.30. The van der Waals surface area contributed by atoms with Crippen molar-refractivity contribution >= 4 is 46.2 Å². The Hall–Kier alpha value is -2.50. The summed E-state index contributed by atoms with van der Waals surface area (Å²) in [5, 5.41) is 4.27. The molecule has 2 aromatic carbocycles. The van der Waals surface area contributed by atoms with E-state index >= 15 is 0 Å². The molecule has 1 aliphatic heterocycles. The van der Waals surface area contributed by atoms with E-state index in [0.29, 0.717) is 21.6 Å². The second-order valence-corrected chi connectivity index (χ2v) is 7.06. The van der Waals surface area contributed by atoms with Crippen LogP contribution in [0.5, 0.6) is 0 Å². The first-order chi connectivity index (χ1) is 12.6. The van der Waals surface area contributed by atoms with E-state index in [2.05, 4.69) is 44.5 Å². The summed E-state index contributed by atoms with van der Waals surface area (Å²) < 4.78 is 0. The van der Waals surface area contributed by atoms with E-state index in [0.717, 1.165) is 31.0 Å². The van der Waals surface area contributed by atoms with Crippen LogP contribution >= 0.6 is 23.2 Å². The van der Waals surface area contributed by atoms with Crippen LogP contribution in [0.25, 0.3) is 0 Å². The molecule has 0 atom stereocenters. The van der Waals surface area contributed by atoms with E-state index < -0.39 is 0 Å². The fraction of sp³-hybridized carbons (Fsp3) is 0.158. The summed E-state index contributed by atoms with van der Waals surface area (Å²) in [5.41, 5.74) is 10.3. The molecule has 1 aliphatic rings. The summed E-state index contributed by atoms with van der Waals surface area (Å²) in [6, 6.07) is 13.7. The first kappa shape index (κ1) is 16.9. The Labute approximate surface area is 161 Å². The summed E-state index contributed by atoms with van der Waals surface area (Å²) >= 11 is 12.1. The Bertz CT molecular complexity index is 940. The molecule has 26 heavy (non-hydrogen) atoms. The number of aromatic nitrogens is 2.